The van der Waals surface area contributed by atoms with E-state index < -0.39 is 11.7 Å². The number of amides is 1. The van der Waals surface area contributed by atoms with Gasteiger partial charge in [-0.15, -0.1) is 0 Å². The Labute approximate surface area is 96.2 Å². The first-order valence-electron chi connectivity index (χ1n) is 4.53. The highest BCUT2D eigenvalue weighted by Gasteiger charge is 2.10. The molecule has 1 amide bonds. The zero-order chi connectivity index (χ0) is 11.3. The van der Waals surface area contributed by atoms with Crippen molar-refractivity contribution >= 4 is 21.8 Å². The number of likely N-dealkylation sites (N-methyl/N-ethyl adjacent to an activating group) is 1. The Balaban J connectivity index is 2.68. The summed E-state index contributed by atoms with van der Waals surface area (Å²) in [5.41, 5.74) is 0.0560. The smallest absolute Gasteiger partial charge is 0.254 e. The van der Waals surface area contributed by atoms with E-state index in [1.807, 2.05) is 0 Å². The molecule has 15 heavy (non-hydrogen) atoms. The van der Waals surface area contributed by atoms with Gasteiger partial charge >= 0.3 is 0 Å². The van der Waals surface area contributed by atoms with Gasteiger partial charge in [0, 0.05) is 17.6 Å². The largest absolute Gasteiger partial charge is 0.351 e. The van der Waals surface area contributed by atoms with Gasteiger partial charge in [0.2, 0.25) is 0 Å². The number of hydrogen-bond acceptors (Lipinski definition) is 2. The van der Waals surface area contributed by atoms with E-state index >= 15 is 0 Å². The summed E-state index contributed by atoms with van der Waals surface area (Å²) in [4.78, 5) is 11.5. The molecule has 0 saturated heterocycles. The van der Waals surface area contributed by atoms with Crippen LogP contribution in [0.5, 0.6) is 0 Å². The molecule has 0 aromatic heterocycles. The van der Waals surface area contributed by atoms with Crippen molar-refractivity contribution < 1.29 is 9.18 Å². The second-order valence-electron chi connectivity index (χ2n) is 2.98. The van der Waals surface area contributed by atoms with Crippen molar-refractivity contribution in [2.75, 3.05) is 20.1 Å². The summed E-state index contributed by atoms with van der Waals surface area (Å²) in [6.45, 7) is 1.13. The average molecular weight is 275 g/mol. The first-order chi connectivity index (χ1) is 7.15. The number of benzene rings is 1. The second kappa shape index (κ2) is 5.82. The molecule has 5 heteroatoms. The van der Waals surface area contributed by atoms with Gasteiger partial charge in [0.1, 0.15) is 5.82 Å². The van der Waals surface area contributed by atoms with Crippen LogP contribution in [0.3, 0.4) is 0 Å². The monoisotopic (exact) mass is 274 g/mol. The minimum absolute atomic E-state index is 0.0560. The Morgan fingerprint density at radius 3 is 2.87 bits per heavy atom. The zero-order valence-electron chi connectivity index (χ0n) is 8.31. The topological polar surface area (TPSA) is 41.1 Å². The SMILES string of the molecule is CNCCNC(=O)c1cc(Br)ccc1F. The fourth-order valence-corrected chi connectivity index (χ4v) is 1.43. The standard InChI is InChI=1S/C10H12BrFN2O/c1-13-4-5-14-10(15)8-6-7(11)2-3-9(8)12/h2-3,6,13H,4-5H2,1H3,(H,14,15). The van der Waals surface area contributed by atoms with Crippen LogP contribution < -0.4 is 10.6 Å². The highest BCUT2D eigenvalue weighted by molar-refractivity contribution is 9.10. The molecule has 0 aliphatic carbocycles. The predicted octanol–water partition coefficient (Wildman–Crippen LogP) is 1.54. The molecule has 0 saturated carbocycles. The number of hydrogen-bond donors (Lipinski definition) is 2. The third-order valence-corrected chi connectivity index (χ3v) is 2.33. The molecule has 0 radical (unpaired) electrons. The molecule has 0 aliphatic rings. The van der Waals surface area contributed by atoms with Gasteiger partial charge in [-0.05, 0) is 25.2 Å². The molecule has 0 heterocycles. The summed E-state index contributed by atoms with van der Waals surface area (Å²) in [7, 11) is 1.78. The Morgan fingerprint density at radius 2 is 2.20 bits per heavy atom. The number of nitrogens with one attached hydrogen (secondary N) is 2. The van der Waals surface area contributed by atoms with Crippen LogP contribution in [-0.2, 0) is 0 Å². The summed E-state index contributed by atoms with van der Waals surface area (Å²) >= 11 is 3.19. The van der Waals surface area contributed by atoms with Crippen LogP contribution in [0, 0.1) is 5.82 Å². The van der Waals surface area contributed by atoms with E-state index in [9.17, 15) is 9.18 Å². The average Bonchev–Trinajstić information content (AvgIpc) is 2.22. The van der Waals surface area contributed by atoms with Crippen molar-refractivity contribution in [3.05, 3.63) is 34.1 Å². The van der Waals surface area contributed by atoms with E-state index in [2.05, 4.69) is 26.6 Å². The zero-order valence-corrected chi connectivity index (χ0v) is 9.90. The Kier molecular flexibility index (Phi) is 4.71. The fraction of sp³-hybridized carbons (Fsp3) is 0.300. The van der Waals surface area contributed by atoms with Gasteiger partial charge in [-0.25, -0.2) is 4.39 Å². The van der Waals surface area contributed by atoms with Gasteiger partial charge in [0.25, 0.3) is 5.91 Å². The van der Waals surface area contributed by atoms with Crippen LogP contribution >= 0.6 is 15.9 Å². The van der Waals surface area contributed by atoms with Crippen molar-refractivity contribution in [3.63, 3.8) is 0 Å². The maximum absolute atomic E-state index is 13.2. The lowest BCUT2D eigenvalue weighted by Crippen LogP contribution is -2.30. The number of halogens is 2. The first-order valence-corrected chi connectivity index (χ1v) is 5.32. The molecular weight excluding hydrogens is 263 g/mol. The molecule has 0 fully saturated rings. The minimum atomic E-state index is -0.514. The van der Waals surface area contributed by atoms with E-state index in [1.165, 1.54) is 12.1 Å². The third kappa shape index (κ3) is 3.60. The van der Waals surface area contributed by atoms with Crippen LogP contribution in [-0.4, -0.2) is 26.0 Å². The van der Waals surface area contributed by atoms with Gasteiger partial charge in [-0.2, -0.15) is 0 Å². The fourth-order valence-electron chi connectivity index (χ4n) is 1.07. The predicted molar refractivity (Wildman–Crippen MR) is 60.4 cm³/mol. The molecule has 1 aromatic carbocycles. The molecule has 0 aliphatic heterocycles. The Morgan fingerprint density at radius 1 is 1.47 bits per heavy atom. The summed E-state index contributed by atoms with van der Waals surface area (Å²) in [5, 5.41) is 5.49. The molecule has 1 aromatic rings. The summed E-state index contributed by atoms with van der Waals surface area (Å²) < 4.78 is 13.9. The molecule has 3 nitrogen and oxygen atoms in total. The van der Waals surface area contributed by atoms with E-state index in [0.29, 0.717) is 17.6 Å². The van der Waals surface area contributed by atoms with E-state index in [0.717, 1.165) is 0 Å². The van der Waals surface area contributed by atoms with Crippen LogP contribution in [0.15, 0.2) is 22.7 Å². The van der Waals surface area contributed by atoms with Gasteiger partial charge in [-0.3, -0.25) is 4.79 Å². The number of carbonyl (C=O) groups excluding carboxylic acids is 1. The first kappa shape index (κ1) is 12.1. The highest BCUT2D eigenvalue weighted by atomic mass is 79.9. The van der Waals surface area contributed by atoms with Gasteiger partial charge < -0.3 is 10.6 Å². The molecule has 0 unspecified atom stereocenters. The van der Waals surface area contributed by atoms with Crippen molar-refractivity contribution in [3.8, 4) is 0 Å². The van der Waals surface area contributed by atoms with Crippen LogP contribution in [0.2, 0.25) is 0 Å². The summed E-state index contributed by atoms with van der Waals surface area (Å²) in [5.74, 6) is -0.913. The highest BCUT2D eigenvalue weighted by Crippen LogP contribution is 2.15. The maximum Gasteiger partial charge on any atom is 0.254 e. The quantitative estimate of drug-likeness (QED) is 0.818. The Hall–Kier alpha value is -0.940. The van der Waals surface area contributed by atoms with E-state index in [-0.39, 0.29) is 5.56 Å². The van der Waals surface area contributed by atoms with Crippen LogP contribution in [0.1, 0.15) is 10.4 Å². The normalized spacial score (nSPS) is 10.1. The molecule has 82 valence electrons. The van der Waals surface area contributed by atoms with Crippen molar-refractivity contribution in [1.82, 2.24) is 10.6 Å². The van der Waals surface area contributed by atoms with Gasteiger partial charge in [0.05, 0.1) is 5.56 Å². The Bertz CT molecular complexity index is 357. The van der Waals surface area contributed by atoms with E-state index in [4.69, 9.17) is 0 Å². The summed E-state index contributed by atoms with van der Waals surface area (Å²) in [6.07, 6.45) is 0. The molecular formula is C10H12BrFN2O. The lowest BCUT2D eigenvalue weighted by molar-refractivity contribution is 0.0950. The van der Waals surface area contributed by atoms with Gasteiger partial charge in [-0.1, -0.05) is 15.9 Å². The van der Waals surface area contributed by atoms with Crippen LogP contribution in [0.4, 0.5) is 4.39 Å². The molecule has 1 rings (SSSR count). The van der Waals surface area contributed by atoms with Crippen molar-refractivity contribution in [2.45, 2.75) is 0 Å². The summed E-state index contributed by atoms with van der Waals surface area (Å²) in [6, 6.07) is 4.28. The molecule has 0 atom stereocenters. The molecule has 0 spiro atoms. The van der Waals surface area contributed by atoms with Crippen LogP contribution in [0.25, 0.3) is 0 Å². The number of rotatable bonds is 4. The van der Waals surface area contributed by atoms with Crippen molar-refractivity contribution in [2.24, 2.45) is 0 Å². The van der Waals surface area contributed by atoms with Crippen molar-refractivity contribution in [1.29, 1.82) is 0 Å². The van der Waals surface area contributed by atoms with Gasteiger partial charge in [0.15, 0.2) is 0 Å². The third-order valence-electron chi connectivity index (χ3n) is 1.83. The molecule has 2 N–H and O–H groups in total. The lowest BCUT2D eigenvalue weighted by Gasteiger charge is -2.05. The second-order valence-corrected chi connectivity index (χ2v) is 3.90. The maximum atomic E-state index is 13.2. The minimum Gasteiger partial charge on any atom is -0.351 e. The van der Waals surface area contributed by atoms with E-state index in [1.54, 1.807) is 13.1 Å². The lowest BCUT2D eigenvalue weighted by atomic mass is 10.2. The molecule has 0 bridgehead atoms. The number of carbonyl (C=O) groups is 1.